The van der Waals surface area contributed by atoms with E-state index in [9.17, 15) is 24.9 Å². The van der Waals surface area contributed by atoms with Crippen LogP contribution in [0.5, 0.6) is 11.5 Å². The predicted octanol–water partition coefficient (Wildman–Crippen LogP) is 2.83. The van der Waals surface area contributed by atoms with Gasteiger partial charge < -0.3 is 35.0 Å². The first-order chi connectivity index (χ1) is 19.2. The van der Waals surface area contributed by atoms with Gasteiger partial charge in [0, 0.05) is 25.1 Å². The molecule has 0 aromatic heterocycles. The Balaban J connectivity index is 2.00. The molecule has 2 aromatic carbocycles. The molecule has 0 aliphatic heterocycles. The number of carbonyl (C=O) groups excluding carboxylic acids is 2. The Morgan fingerprint density at radius 2 is 1.88 bits per heavy atom. The van der Waals surface area contributed by atoms with Crippen LogP contribution in [0.15, 0.2) is 54.1 Å². The van der Waals surface area contributed by atoms with E-state index in [2.05, 4.69) is 41.8 Å². The fourth-order valence-electron chi connectivity index (χ4n) is 4.64. The molecule has 1 aliphatic rings. The van der Waals surface area contributed by atoms with Crippen molar-refractivity contribution in [2.45, 2.75) is 58.0 Å². The summed E-state index contributed by atoms with van der Waals surface area (Å²) in [7, 11) is 1.49. The first kappa shape index (κ1) is 31.9. The number of benzene rings is 2. The molecule has 0 heterocycles. The van der Waals surface area contributed by atoms with E-state index in [0.29, 0.717) is 38.7 Å². The molecule has 3 atom stereocenters. The third-order valence-corrected chi connectivity index (χ3v) is 7.61. The summed E-state index contributed by atoms with van der Waals surface area (Å²) in [5, 5.41) is 33.2. The van der Waals surface area contributed by atoms with Crippen molar-refractivity contribution < 1.29 is 34.4 Å². The van der Waals surface area contributed by atoms with E-state index in [1.165, 1.54) is 7.11 Å². The van der Waals surface area contributed by atoms with Crippen LogP contribution in [0, 0.1) is 9.49 Å². The number of ether oxygens (including phenoxy) is 2. The van der Waals surface area contributed by atoms with Crippen molar-refractivity contribution in [2.24, 2.45) is 5.92 Å². The van der Waals surface area contributed by atoms with Crippen LogP contribution in [0.3, 0.4) is 0 Å². The van der Waals surface area contributed by atoms with Gasteiger partial charge in [-0.2, -0.15) is 0 Å². The maximum atomic E-state index is 13.7. The van der Waals surface area contributed by atoms with Gasteiger partial charge in [-0.1, -0.05) is 44.2 Å². The van der Waals surface area contributed by atoms with E-state index in [-0.39, 0.29) is 38.5 Å². The summed E-state index contributed by atoms with van der Waals surface area (Å²) in [6.45, 7) is 4.24. The van der Waals surface area contributed by atoms with Crippen molar-refractivity contribution in [3.05, 3.63) is 68.8 Å². The van der Waals surface area contributed by atoms with Crippen LogP contribution in [0.1, 0.15) is 37.8 Å². The number of aliphatic hydroxyl groups is 3. The molecule has 0 saturated heterocycles. The second-order valence-electron chi connectivity index (χ2n) is 10.2. The van der Waals surface area contributed by atoms with E-state index in [1.54, 1.807) is 23.1 Å². The minimum atomic E-state index is -1.14. The van der Waals surface area contributed by atoms with Gasteiger partial charge in [-0.3, -0.25) is 9.59 Å². The third-order valence-electron chi connectivity index (χ3n) is 6.81. The molecule has 3 rings (SSSR count). The van der Waals surface area contributed by atoms with Gasteiger partial charge in [0.05, 0.1) is 36.4 Å². The summed E-state index contributed by atoms with van der Waals surface area (Å²) >= 11 is 2.07. The van der Waals surface area contributed by atoms with Crippen LogP contribution in [-0.2, 0) is 22.6 Å². The number of nitrogens with zero attached hydrogens (tertiary/aromatic N) is 1. The average molecular weight is 667 g/mol. The molecule has 0 fully saturated rings. The zero-order valence-electron chi connectivity index (χ0n) is 23.2. The molecule has 0 bridgehead atoms. The third kappa shape index (κ3) is 8.42. The first-order valence-electron chi connectivity index (χ1n) is 13.4. The molecule has 4 N–H and O–H groups in total. The molecule has 40 heavy (non-hydrogen) atoms. The second-order valence-corrected chi connectivity index (χ2v) is 11.4. The van der Waals surface area contributed by atoms with Crippen molar-refractivity contribution in [3.8, 4) is 11.5 Å². The lowest BCUT2D eigenvalue weighted by molar-refractivity contribution is -0.138. The maximum Gasteiger partial charge on any atom is 0.247 e. The monoisotopic (exact) mass is 666 g/mol. The molecular weight excluding hydrogens is 627 g/mol. The molecule has 0 saturated carbocycles. The van der Waals surface area contributed by atoms with Crippen LogP contribution in [0.4, 0.5) is 0 Å². The maximum absolute atomic E-state index is 13.7. The molecule has 1 aliphatic carbocycles. The zero-order valence-corrected chi connectivity index (χ0v) is 25.3. The predicted molar refractivity (Wildman–Crippen MR) is 160 cm³/mol. The van der Waals surface area contributed by atoms with E-state index >= 15 is 0 Å². The van der Waals surface area contributed by atoms with Crippen LogP contribution in [0.2, 0.25) is 0 Å². The van der Waals surface area contributed by atoms with Crippen molar-refractivity contribution in [2.75, 3.05) is 26.8 Å². The molecule has 0 radical (unpaired) electrons. The van der Waals surface area contributed by atoms with Gasteiger partial charge in [-0.25, -0.2) is 0 Å². The molecule has 2 aromatic rings. The minimum absolute atomic E-state index is 0.0766. The Hall–Kier alpha value is -2.67. The standard InChI is InChI=1S/C30H39IN2O7/c1-19(2)9-11-33(27(36)15-20-7-5-4-6-8-20)24-16-22(30(38)32-10-12-34)17-25(28(24)37)40-29-23(31)13-21(18-35)14-26(29)39-3/h4-8,13-14,17,19,24-25,28,34-35,37H,9-12,15-16,18H2,1-3H3,(H,32,38). The number of carbonyl (C=O) groups is 2. The lowest BCUT2D eigenvalue weighted by atomic mass is 9.87. The van der Waals surface area contributed by atoms with Crippen molar-refractivity contribution in [1.29, 1.82) is 0 Å². The summed E-state index contributed by atoms with van der Waals surface area (Å²) < 4.78 is 12.5. The van der Waals surface area contributed by atoms with Gasteiger partial charge >= 0.3 is 0 Å². The Kier molecular flexibility index (Phi) is 12.2. The minimum Gasteiger partial charge on any atom is -0.493 e. The van der Waals surface area contributed by atoms with Crippen molar-refractivity contribution in [3.63, 3.8) is 0 Å². The van der Waals surface area contributed by atoms with Crippen molar-refractivity contribution >= 4 is 34.4 Å². The van der Waals surface area contributed by atoms with Gasteiger partial charge in [-0.15, -0.1) is 0 Å². The van der Waals surface area contributed by atoms with Gasteiger partial charge in [0.25, 0.3) is 0 Å². The number of halogens is 1. The van der Waals surface area contributed by atoms with Crippen LogP contribution < -0.4 is 14.8 Å². The molecule has 0 spiro atoms. The summed E-state index contributed by atoms with van der Waals surface area (Å²) in [5.74, 6) is 0.517. The molecule has 9 nitrogen and oxygen atoms in total. The molecule has 218 valence electrons. The Morgan fingerprint density at radius 1 is 1.15 bits per heavy atom. The number of rotatable bonds is 13. The SMILES string of the molecule is COc1cc(CO)cc(I)c1OC1C=C(C(=O)NCCO)CC(N(CCC(C)C)C(=O)Cc2ccccc2)C1O. The molecule has 2 amide bonds. The largest absolute Gasteiger partial charge is 0.493 e. The fourth-order valence-corrected chi connectivity index (χ4v) is 5.43. The highest BCUT2D eigenvalue weighted by atomic mass is 127. The number of aliphatic hydroxyl groups excluding tert-OH is 3. The van der Waals surface area contributed by atoms with E-state index in [4.69, 9.17) is 9.47 Å². The number of hydrogen-bond donors (Lipinski definition) is 4. The Morgan fingerprint density at radius 3 is 2.50 bits per heavy atom. The number of hydrogen-bond acceptors (Lipinski definition) is 7. The number of methoxy groups -OCH3 is 1. The average Bonchev–Trinajstić information content (AvgIpc) is 2.94. The van der Waals surface area contributed by atoms with Crippen molar-refractivity contribution in [1.82, 2.24) is 10.2 Å². The van der Waals surface area contributed by atoms with Gasteiger partial charge in [0.15, 0.2) is 11.5 Å². The molecule has 3 unspecified atom stereocenters. The Bertz CT molecular complexity index is 1170. The molecule has 10 heteroatoms. The lowest BCUT2D eigenvalue weighted by Crippen LogP contribution is -2.55. The van der Waals surface area contributed by atoms with Gasteiger partial charge in [0.2, 0.25) is 11.8 Å². The van der Waals surface area contributed by atoms with E-state index in [1.807, 2.05) is 30.3 Å². The Labute approximate surface area is 249 Å². The fraction of sp³-hybridized carbons (Fsp3) is 0.467. The lowest BCUT2D eigenvalue weighted by Gasteiger charge is -2.41. The van der Waals surface area contributed by atoms with Crippen LogP contribution in [-0.4, -0.2) is 77.1 Å². The normalized spacial score (nSPS) is 18.7. The topological polar surface area (TPSA) is 129 Å². The van der Waals surface area contributed by atoms with E-state index in [0.717, 1.165) is 12.0 Å². The van der Waals surface area contributed by atoms with Gasteiger partial charge in [0.1, 0.15) is 12.2 Å². The first-order valence-corrected chi connectivity index (χ1v) is 14.5. The smallest absolute Gasteiger partial charge is 0.247 e. The summed E-state index contributed by atoms with van der Waals surface area (Å²) in [5.41, 5.74) is 1.86. The highest BCUT2D eigenvalue weighted by Gasteiger charge is 2.40. The second kappa shape index (κ2) is 15.4. The van der Waals surface area contributed by atoms with Crippen LogP contribution >= 0.6 is 22.6 Å². The summed E-state index contributed by atoms with van der Waals surface area (Å²) in [4.78, 5) is 28.4. The molecular formula is C30H39IN2O7. The summed E-state index contributed by atoms with van der Waals surface area (Å²) in [6, 6.07) is 12.1. The van der Waals surface area contributed by atoms with Crippen LogP contribution in [0.25, 0.3) is 0 Å². The van der Waals surface area contributed by atoms with E-state index < -0.39 is 24.2 Å². The summed E-state index contributed by atoms with van der Waals surface area (Å²) in [6.07, 6.45) is 0.485. The highest BCUT2D eigenvalue weighted by Crippen LogP contribution is 2.37. The zero-order chi connectivity index (χ0) is 29.2. The van der Waals surface area contributed by atoms with Gasteiger partial charge in [-0.05, 0) is 64.3 Å². The quantitative estimate of drug-likeness (QED) is 0.242. The number of nitrogens with one attached hydrogen (secondary N) is 1. The number of amides is 2. The highest BCUT2D eigenvalue weighted by molar-refractivity contribution is 14.1.